The van der Waals surface area contributed by atoms with Crippen molar-refractivity contribution in [2.75, 3.05) is 34.4 Å². The van der Waals surface area contributed by atoms with E-state index < -0.39 is 6.10 Å². The van der Waals surface area contributed by atoms with Crippen molar-refractivity contribution >= 4 is 5.96 Å². The molecule has 2 aromatic carbocycles. The summed E-state index contributed by atoms with van der Waals surface area (Å²) in [4.78, 5) is 14.5. The Bertz CT molecular complexity index is 1020. The third-order valence-corrected chi connectivity index (χ3v) is 5.01. The quantitative estimate of drug-likeness (QED) is 0.351. The maximum Gasteiger partial charge on any atom is 0.194 e. The first-order valence-electron chi connectivity index (χ1n) is 10.5. The molecule has 170 valence electrons. The maximum atomic E-state index is 10.8. The molecule has 0 spiro atoms. The molecule has 32 heavy (non-hydrogen) atoms. The minimum absolute atomic E-state index is 0.170. The van der Waals surface area contributed by atoms with Gasteiger partial charge in [0.1, 0.15) is 23.4 Å². The van der Waals surface area contributed by atoms with Crippen LogP contribution >= 0.6 is 0 Å². The second-order valence-electron chi connectivity index (χ2n) is 7.28. The molecule has 0 aliphatic heterocycles. The van der Waals surface area contributed by atoms with Gasteiger partial charge >= 0.3 is 0 Å². The van der Waals surface area contributed by atoms with Crippen LogP contribution in [-0.2, 0) is 6.54 Å². The third-order valence-electron chi connectivity index (χ3n) is 5.01. The third kappa shape index (κ3) is 5.79. The van der Waals surface area contributed by atoms with Gasteiger partial charge in [-0.3, -0.25) is 4.99 Å². The predicted octanol–water partition coefficient (Wildman–Crippen LogP) is 3.22. The Morgan fingerprint density at radius 1 is 1.19 bits per heavy atom. The van der Waals surface area contributed by atoms with Crippen LogP contribution < -0.4 is 14.8 Å². The highest BCUT2D eigenvalue weighted by atomic mass is 16.5. The molecule has 1 unspecified atom stereocenters. The summed E-state index contributed by atoms with van der Waals surface area (Å²) in [6.07, 6.45) is 0.997. The van der Waals surface area contributed by atoms with E-state index in [2.05, 4.69) is 20.3 Å². The van der Waals surface area contributed by atoms with Gasteiger partial charge < -0.3 is 29.8 Å². The molecule has 8 nitrogen and oxygen atoms in total. The van der Waals surface area contributed by atoms with Crippen LogP contribution in [0.5, 0.6) is 11.5 Å². The topological polar surface area (TPSA) is 95.0 Å². The fourth-order valence-electron chi connectivity index (χ4n) is 3.35. The summed E-state index contributed by atoms with van der Waals surface area (Å²) in [7, 11) is 5.10. The molecule has 1 heterocycles. The van der Waals surface area contributed by atoms with Crippen LogP contribution in [0.2, 0.25) is 0 Å². The smallest absolute Gasteiger partial charge is 0.194 e. The number of rotatable bonds is 9. The van der Waals surface area contributed by atoms with Gasteiger partial charge in [-0.1, -0.05) is 30.3 Å². The minimum atomic E-state index is -0.838. The number of imidazole rings is 1. The van der Waals surface area contributed by atoms with Crippen LogP contribution in [0.25, 0.3) is 11.3 Å². The second-order valence-corrected chi connectivity index (χ2v) is 7.28. The van der Waals surface area contributed by atoms with Gasteiger partial charge in [-0.05, 0) is 30.7 Å². The molecule has 0 fully saturated rings. The lowest BCUT2D eigenvalue weighted by Gasteiger charge is -2.22. The lowest BCUT2D eigenvalue weighted by Crippen LogP contribution is -2.39. The zero-order valence-corrected chi connectivity index (χ0v) is 19.0. The standard InChI is InChI=1S/C24H31N5O3/c1-5-25-24(27-15-21(30)19-13-18(31-3)11-12-22(19)32-4)29(2)16-23-26-14-20(28-23)17-9-7-6-8-10-17/h6-14,21,30H,5,15-16H2,1-4H3,(H,25,27)(H,26,28). The summed E-state index contributed by atoms with van der Waals surface area (Å²) >= 11 is 0. The monoisotopic (exact) mass is 437 g/mol. The Hall–Kier alpha value is -3.52. The van der Waals surface area contributed by atoms with Crippen molar-refractivity contribution in [3.8, 4) is 22.8 Å². The molecule has 0 aliphatic carbocycles. The summed E-state index contributed by atoms with van der Waals surface area (Å²) in [5.41, 5.74) is 2.69. The van der Waals surface area contributed by atoms with E-state index in [4.69, 9.17) is 9.47 Å². The van der Waals surface area contributed by atoms with Crippen LogP contribution in [0.3, 0.4) is 0 Å². The number of ether oxygens (including phenoxy) is 2. The number of aromatic nitrogens is 2. The lowest BCUT2D eigenvalue weighted by molar-refractivity contribution is 0.181. The molecule has 3 rings (SSSR count). The molecule has 0 saturated carbocycles. The molecule has 3 aromatic rings. The number of aliphatic imine (C=N–C) groups is 1. The van der Waals surface area contributed by atoms with E-state index in [0.717, 1.165) is 17.1 Å². The molecule has 1 aromatic heterocycles. The summed E-state index contributed by atoms with van der Waals surface area (Å²) < 4.78 is 10.7. The van der Waals surface area contributed by atoms with E-state index in [0.29, 0.717) is 36.1 Å². The first-order valence-corrected chi connectivity index (χ1v) is 10.5. The van der Waals surface area contributed by atoms with Crippen molar-refractivity contribution in [2.24, 2.45) is 4.99 Å². The zero-order valence-electron chi connectivity index (χ0n) is 19.0. The van der Waals surface area contributed by atoms with Gasteiger partial charge in [0.05, 0.1) is 39.2 Å². The van der Waals surface area contributed by atoms with Crippen LogP contribution in [-0.4, -0.2) is 60.3 Å². The van der Waals surface area contributed by atoms with Crippen LogP contribution in [0.15, 0.2) is 59.7 Å². The number of methoxy groups -OCH3 is 2. The van der Waals surface area contributed by atoms with Gasteiger partial charge in [-0.2, -0.15) is 0 Å². The summed E-state index contributed by atoms with van der Waals surface area (Å²) in [5, 5.41) is 14.0. The highest BCUT2D eigenvalue weighted by molar-refractivity contribution is 5.79. The highest BCUT2D eigenvalue weighted by Gasteiger charge is 2.16. The average molecular weight is 438 g/mol. The number of H-pyrrole nitrogens is 1. The molecular weight excluding hydrogens is 406 g/mol. The lowest BCUT2D eigenvalue weighted by atomic mass is 10.1. The number of nitrogens with zero attached hydrogens (tertiary/aromatic N) is 3. The van der Waals surface area contributed by atoms with E-state index in [1.165, 1.54) is 0 Å². The molecule has 1 atom stereocenters. The fraction of sp³-hybridized carbons (Fsp3) is 0.333. The summed E-state index contributed by atoms with van der Waals surface area (Å²) in [5.74, 6) is 2.74. The molecule has 0 saturated heterocycles. The molecule has 3 N–H and O–H groups in total. The maximum absolute atomic E-state index is 10.8. The van der Waals surface area contributed by atoms with E-state index >= 15 is 0 Å². The number of aliphatic hydroxyl groups excluding tert-OH is 1. The van der Waals surface area contributed by atoms with Crippen LogP contribution in [0.1, 0.15) is 24.4 Å². The van der Waals surface area contributed by atoms with E-state index in [1.807, 2.05) is 55.4 Å². The van der Waals surface area contributed by atoms with Crippen molar-refractivity contribution in [1.82, 2.24) is 20.2 Å². The highest BCUT2D eigenvalue weighted by Crippen LogP contribution is 2.29. The van der Waals surface area contributed by atoms with Crippen LogP contribution in [0, 0.1) is 0 Å². The summed E-state index contributed by atoms with van der Waals surface area (Å²) in [6, 6.07) is 15.4. The molecule has 0 aliphatic rings. The van der Waals surface area contributed by atoms with E-state index in [9.17, 15) is 5.11 Å². The second kappa shape index (κ2) is 11.2. The van der Waals surface area contributed by atoms with Gasteiger partial charge in [0.15, 0.2) is 5.96 Å². The normalized spacial score (nSPS) is 12.3. The van der Waals surface area contributed by atoms with Crippen molar-refractivity contribution in [3.05, 3.63) is 66.1 Å². The number of aromatic amines is 1. The Morgan fingerprint density at radius 2 is 1.97 bits per heavy atom. The van der Waals surface area contributed by atoms with Gasteiger partial charge in [0.25, 0.3) is 0 Å². The number of hydrogen-bond acceptors (Lipinski definition) is 5. The predicted molar refractivity (Wildman–Crippen MR) is 126 cm³/mol. The fourth-order valence-corrected chi connectivity index (χ4v) is 3.35. The van der Waals surface area contributed by atoms with Gasteiger partial charge in [-0.25, -0.2) is 4.98 Å². The first-order chi connectivity index (χ1) is 15.5. The van der Waals surface area contributed by atoms with Crippen molar-refractivity contribution < 1.29 is 14.6 Å². The molecule has 0 radical (unpaired) electrons. The molecule has 0 bridgehead atoms. The number of benzene rings is 2. The molecular formula is C24H31N5O3. The molecule has 0 amide bonds. The van der Waals surface area contributed by atoms with Gasteiger partial charge in [-0.15, -0.1) is 0 Å². The Labute approximate surface area is 188 Å². The average Bonchev–Trinajstić information content (AvgIpc) is 3.30. The minimum Gasteiger partial charge on any atom is -0.497 e. The van der Waals surface area contributed by atoms with Crippen molar-refractivity contribution in [1.29, 1.82) is 0 Å². The van der Waals surface area contributed by atoms with Gasteiger partial charge in [0.2, 0.25) is 0 Å². The number of nitrogens with one attached hydrogen (secondary N) is 2. The Balaban J connectivity index is 1.71. The van der Waals surface area contributed by atoms with E-state index in [1.54, 1.807) is 32.4 Å². The van der Waals surface area contributed by atoms with Crippen molar-refractivity contribution in [3.63, 3.8) is 0 Å². The Morgan fingerprint density at radius 3 is 2.66 bits per heavy atom. The summed E-state index contributed by atoms with van der Waals surface area (Å²) in [6.45, 7) is 3.42. The number of aliphatic hydroxyl groups is 1. The van der Waals surface area contributed by atoms with E-state index in [-0.39, 0.29) is 6.54 Å². The van der Waals surface area contributed by atoms with Gasteiger partial charge in [0, 0.05) is 19.2 Å². The largest absolute Gasteiger partial charge is 0.497 e. The zero-order chi connectivity index (χ0) is 22.9. The SMILES string of the molecule is CCNC(=NCC(O)c1cc(OC)ccc1OC)N(C)Cc1ncc(-c2ccccc2)[nH]1. The number of guanidine groups is 1. The van der Waals surface area contributed by atoms with Crippen LogP contribution in [0.4, 0.5) is 0 Å². The Kier molecular flexibility index (Phi) is 8.10. The molecule has 8 heteroatoms. The number of hydrogen-bond donors (Lipinski definition) is 3. The van der Waals surface area contributed by atoms with Crippen molar-refractivity contribution in [2.45, 2.75) is 19.6 Å². The first kappa shape index (κ1) is 23.1.